The number of nitrogens with zero attached hydrogens (tertiary/aromatic N) is 1. The van der Waals surface area contributed by atoms with Crippen molar-refractivity contribution in [3.63, 3.8) is 0 Å². The molecule has 0 aliphatic rings. The highest BCUT2D eigenvalue weighted by Gasteiger charge is 2.06. The van der Waals surface area contributed by atoms with Gasteiger partial charge >= 0.3 is 0 Å². The van der Waals surface area contributed by atoms with Gasteiger partial charge in [-0.2, -0.15) is 0 Å². The highest BCUT2D eigenvalue weighted by atomic mass is 35.5. The Morgan fingerprint density at radius 3 is 2.50 bits per heavy atom. The van der Waals surface area contributed by atoms with Crippen LogP contribution in [0.3, 0.4) is 0 Å². The molecule has 0 heterocycles. The minimum absolute atomic E-state index is 0.601. The van der Waals surface area contributed by atoms with Crippen LogP contribution in [-0.4, -0.2) is 20.4 Å². The topological polar surface area (TPSA) is 20.3 Å². The molecule has 0 saturated carbocycles. The molecule has 1 aromatic rings. The summed E-state index contributed by atoms with van der Waals surface area (Å²) < 4.78 is 0. The molecule has 1 rings (SSSR count). The first-order valence-electron chi connectivity index (χ1n) is 3.58. The van der Waals surface area contributed by atoms with Crippen molar-refractivity contribution in [1.29, 1.82) is 0 Å². The number of carbonyl (C=O) groups excluding carboxylic acids is 1. The van der Waals surface area contributed by atoms with Gasteiger partial charge in [0.1, 0.15) is 0 Å². The fraction of sp³-hybridized carbons (Fsp3) is 0.222. The zero-order valence-corrected chi connectivity index (χ0v) is 7.80. The lowest BCUT2D eigenvalue weighted by molar-refractivity contribution is 0.112. The number of rotatable bonds is 2. The summed E-state index contributed by atoms with van der Waals surface area (Å²) in [7, 11) is 3.71. The van der Waals surface area contributed by atoms with Gasteiger partial charge in [0.25, 0.3) is 0 Å². The summed E-state index contributed by atoms with van der Waals surface area (Å²) in [6.45, 7) is 0. The Kier molecular flexibility index (Phi) is 2.71. The fourth-order valence-electron chi connectivity index (χ4n) is 1.10. The van der Waals surface area contributed by atoms with E-state index in [-0.39, 0.29) is 0 Å². The predicted octanol–water partition coefficient (Wildman–Crippen LogP) is 2.22. The number of hydrogen-bond donors (Lipinski definition) is 0. The van der Waals surface area contributed by atoms with E-state index < -0.39 is 0 Å². The fourth-order valence-corrected chi connectivity index (χ4v) is 1.45. The third kappa shape index (κ3) is 1.59. The van der Waals surface area contributed by atoms with Crippen LogP contribution in [0.2, 0.25) is 5.02 Å². The molecule has 0 atom stereocenters. The van der Waals surface area contributed by atoms with Crippen molar-refractivity contribution in [2.24, 2.45) is 0 Å². The van der Waals surface area contributed by atoms with Gasteiger partial charge in [-0.05, 0) is 12.1 Å². The van der Waals surface area contributed by atoms with Crippen molar-refractivity contribution in [3.8, 4) is 0 Å². The van der Waals surface area contributed by atoms with Crippen LogP contribution in [0, 0.1) is 0 Å². The molecule has 0 saturated heterocycles. The second-order valence-electron chi connectivity index (χ2n) is 2.69. The van der Waals surface area contributed by atoms with Crippen molar-refractivity contribution in [1.82, 2.24) is 0 Å². The normalized spacial score (nSPS) is 9.58. The molecular weight excluding hydrogens is 174 g/mol. The summed E-state index contributed by atoms with van der Waals surface area (Å²) >= 11 is 5.90. The van der Waals surface area contributed by atoms with Crippen LogP contribution in [0.15, 0.2) is 18.2 Å². The molecule has 64 valence electrons. The van der Waals surface area contributed by atoms with Crippen molar-refractivity contribution >= 4 is 23.6 Å². The first-order valence-corrected chi connectivity index (χ1v) is 3.95. The molecule has 12 heavy (non-hydrogen) atoms. The first-order chi connectivity index (χ1) is 5.66. The van der Waals surface area contributed by atoms with E-state index >= 15 is 0 Å². The third-order valence-electron chi connectivity index (χ3n) is 1.59. The largest absolute Gasteiger partial charge is 0.376 e. The Hall–Kier alpha value is -1.02. The van der Waals surface area contributed by atoms with Crippen molar-refractivity contribution in [2.75, 3.05) is 19.0 Å². The molecule has 0 N–H and O–H groups in total. The van der Waals surface area contributed by atoms with Crippen LogP contribution in [0.1, 0.15) is 10.4 Å². The second-order valence-corrected chi connectivity index (χ2v) is 3.10. The van der Waals surface area contributed by atoms with E-state index in [9.17, 15) is 4.79 Å². The summed E-state index contributed by atoms with van der Waals surface area (Å²) in [5.41, 5.74) is 1.39. The summed E-state index contributed by atoms with van der Waals surface area (Å²) in [5.74, 6) is 0. The second kappa shape index (κ2) is 3.59. The molecule has 0 radical (unpaired) electrons. The molecule has 0 bridgehead atoms. The highest BCUT2D eigenvalue weighted by molar-refractivity contribution is 6.33. The maximum Gasteiger partial charge on any atom is 0.152 e. The SMILES string of the molecule is CN(C)c1c(Cl)cccc1C=O. The number of aldehydes is 1. The van der Waals surface area contributed by atoms with E-state index in [4.69, 9.17) is 11.6 Å². The smallest absolute Gasteiger partial charge is 0.152 e. The Morgan fingerprint density at radius 2 is 2.08 bits per heavy atom. The van der Waals surface area contributed by atoms with Crippen LogP contribution in [-0.2, 0) is 0 Å². The number of benzene rings is 1. The summed E-state index contributed by atoms with van der Waals surface area (Å²) in [6.07, 6.45) is 0.807. The van der Waals surface area contributed by atoms with E-state index in [2.05, 4.69) is 0 Å². The molecule has 0 unspecified atom stereocenters. The van der Waals surface area contributed by atoms with Gasteiger partial charge < -0.3 is 4.90 Å². The predicted molar refractivity (Wildman–Crippen MR) is 51.2 cm³/mol. The Labute approximate surface area is 76.8 Å². The number of anilines is 1. The lowest BCUT2D eigenvalue weighted by atomic mass is 10.2. The van der Waals surface area contributed by atoms with Crippen LogP contribution in [0.4, 0.5) is 5.69 Å². The number of para-hydroxylation sites is 1. The van der Waals surface area contributed by atoms with E-state index in [1.165, 1.54) is 0 Å². The minimum Gasteiger partial charge on any atom is -0.376 e. The monoisotopic (exact) mass is 183 g/mol. The molecule has 0 amide bonds. The number of halogens is 1. The van der Waals surface area contributed by atoms with Gasteiger partial charge in [0.05, 0.1) is 10.7 Å². The average Bonchev–Trinajstić information content (AvgIpc) is 2.03. The molecule has 0 aliphatic heterocycles. The standard InChI is InChI=1S/C9H10ClNO/c1-11(2)9-7(6-12)4-3-5-8(9)10/h3-6H,1-2H3. The number of hydrogen-bond acceptors (Lipinski definition) is 2. The van der Waals surface area contributed by atoms with Gasteiger partial charge in [-0.25, -0.2) is 0 Å². The average molecular weight is 184 g/mol. The van der Waals surface area contributed by atoms with E-state index in [0.29, 0.717) is 10.6 Å². The lowest BCUT2D eigenvalue weighted by Gasteiger charge is -2.15. The lowest BCUT2D eigenvalue weighted by Crippen LogP contribution is -2.11. The van der Waals surface area contributed by atoms with Crippen molar-refractivity contribution in [3.05, 3.63) is 28.8 Å². The minimum atomic E-state index is 0.601. The molecule has 0 aromatic heterocycles. The third-order valence-corrected chi connectivity index (χ3v) is 1.90. The van der Waals surface area contributed by atoms with Gasteiger partial charge in [-0.15, -0.1) is 0 Å². The molecule has 1 aromatic carbocycles. The Morgan fingerprint density at radius 1 is 1.42 bits per heavy atom. The van der Waals surface area contributed by atoms with Crippen LogP contribution in [0.5, 0.6) is 0 Å². The van der Waals surface area contributed by atoms with Gasteiger partial charge in [0, 0.05) is 19.7 Å². The quantitative estimate of drug-likeness (QED) is 0.656. The van der Waals surface area contributed by atoms with Gasteiger partial charge in [0.2, 0.25) is 0 Å². The van der Waals surface area contributed by atoms with Crippen molar-refractivity contribution in [2.45, 2.75) is 0 Å². The Bertz CT molecular complexity index is 297. The molecule has 2 nitrogen and oxygen atoms in total. The summed E-state index contributed by atoms with van der Waals surface area (Å²) in [6, 6.07) is 5.27. The molecule has 3 heteroatoms. The van der Waals surface area contributed by atoms with Gasteiger partial charge in [-0.3, -0.25) is 4.79 Å². The van der Waals surface area contributed by atoms with E-state index in [1.807, 2.05) is 19.0 Å². The molecule has 0 fully saturated rings. The van der Waals surface area contributed by atoms with Gasteiger partial charge in [0.15, 0.2) is 6.29 Å². The van der Waals surface area contributed by atoms with Crippen LogP contribution in [0.25, 0.3) is 0 Å². The molecular formula is C9H10ClNO. The maximum atomic E-state index is 10.6. The van der Waals surface area contributed by atoms with E-state index in [1.54, 1.807) is 18.2 Å². The zero-order chi connectivity index (χ0) is 9.14. The summed E-state index contributed by atoms with van der Waals surface area (Å²) in [5, 5.41) is 0.601. The van der Waals surface area contributed by atoms with Gasteiger partial charge in [-0.1, -0.05) is 17.7 Å². The highest BCUT2D eigenvalue weighted by Crippen LogP contribution is 2.26. The zero-order valence-electron chi connectivity index (χ0n) is 7.04. The van der Waals surface area contributed by atoms with Crippen LogP contribution < -0.4 is 4.90 Å². The summed E-state index contributed by atoms with van der Waals surface area (Å²) in [4.78, 5) is 12.4. The van der Waals surface area contributed by atoms with Crippen LogP contribution >= 0.6 is 11.6 Å². The Balaban J connectivity index is 3.29. The maximum absolute atomic E-state index is 10.6. The van der Waals surface area contributed by atoms with E-state index in [0.717, 1.165) is 12.0 Å². The first kappa shape index (κ1) is 9.07. The molecule has 0 aliphatic carbocycles. The molecule has 0 spiro atoms. The van der Waals surface area contributed by atoms with Crippen molar-refractivity contribution < 1.29 is 4.79 Å². The number of carbonyl (C=O) groups is 1.